The van der Waals surface area contributed by atoms with Crippen LogP contribution >= 0.6 is 0 Å². The van der Waals surface area contributed by atoms with Crippen molar-refractivity contribution in [2.24, 2.45) is 5.92 Å². The molecular weight excluding hydrogens is 326 g/mol. The highest BCUT2D eigenvalue weighted by Gasteiger charge is 2.31. The Balaban J connectivity index is 1.44. The summed E-state index contributed by atoms with van der Waals surface area (Å²) >= 11 is 0. The molecule has 0 unspecified atom stereocenters. The largest absolute Gasteiger partial charge is 0.367 e. The number of piperazine rings is 1. The van der Waals surface area contributed by atoms with Crippen LogP contribution in [0.5, 0.6) is 0 Å². The molecule has 2 heterocycles. The zero-order chi connectivity index (χ0) is 18.5. The lowest BCUT2D eigenvalue weighted by molar-refractivity contribution is -0.138. The van der Waals surface area contributed by atoms with Crippen molar-refractivity contribution in [1.82, 2.24) is 14.8 Å². The van der Waals surface area contributed by atoms with E-state index in [1.165, 1.54) is 0 Å². The van der Waals surface area contributed by atoms with E-state index in [-0.39, 0.29) is 5.92 Å². The molecule has 0 aromatic carbocycles. The summed E-state index contributed by atoms with van der Waals surface area (Å²) in [6.45, 7) is 8.15. The molecule has 1 aliphatic heterocycles. The molecule has 6 heteroatoms. The number of rotatable bonds is 4. The van der Waals surface area contributed by atoms with Crippen LogP contribution in [0.1, 0.15) is 45.1 Å². The van der Waals surface area contributed by atoms with Gasteiger partial charge < -0.3 is 10.2 Å². The van der Waals surface area contributed by atoms with E-state index < -0.39 is 0 Å². The molecule has 1 N–H and O–H groups in total. The summed E-state index contributed by atoms with van der Waals surface area (Å²) in [7, 11) is 0. The van der Waals surface area contributed by atoms with Crippen molar-refractivity contribution in [1.29, 1.82) is 5.26 Å². The van der Waals surface area contributed by atoms with E-state index in [9.17, 15) is 4.79 Å². The fourth-order valence-corrected chi connectivity index (χ4v) is 3.96. The second kappa shape index (κ2) is 8.50. The number of carbonyl (C=O) groups excluding carboxylic acids is 1. The quantitative estimate of drug-likeness (QED) is 0.898. The first kappa shape index (κ1) is 18.7. The highest BCUT2D eigenvalue weighted by atomic mass is 16.2. The van der Waals surface area contributed by atoms with Gasteiger partial charge in [-0.3, -0.25) is 9.69 Å². The number of aromatic nitrogens is 1. The van der Waals surface area contributed by atoms with Crippen LogP contribution in [0, 0.1) is 17.2 Å². The fourth-order valence-electron chi connectivity index (χ4n) is 3.96. The Kier molecular flexibility index (Phi) is 6.10. The summed E-state index contributed by atoms with van der Waals surface area (Å²) in [4.78, 5) is 21.6. The maximum atomic E-state index is 12.8. The molecule has 0 radical (unpaired) electrons. The lowest BCUT2D eigenvalue weighted by Gasteiger charge is -2.39. The molecule has 1 aromatic heterocycles. The summed E-state index contributed by atoms with van der Waals surface area (Å²) in [5, 5.41) is 12.3. The minimum atomic E-state index is 0.174. The molecule has 0 spiro atoms. The average Bonchev–Trinajstić information content (AvgIpc) is 2.69. The van der Waals surface area contributed by atoms with Crippen LogP contribution in [0.4, 0.5) is 5.82 Å². The topological polar surface area (TPSA) is 72.3 Å². The van der Waals surface area contributed by atoms with Crippen LogP contribution in [0.2, 0.25) is 0 Å². The first-order valence-corrected chi connectivity index (χ1v) is 9.72. The van der Waals surface area contributed by atoms with Crippen molar-refractivity contribution in [3.63, 3.8) is 0 Å². The number of amides is 1. The molecule has 140 valence electrons. The molecule has 1 aliphatic carbocycles. The molecule has 2 aliphatic rings. The fraction of sp³-hybridized carbons (Fsp3) is 0.650. The summed E-state index contributed by atoms with van der Waals surface area (Å²) in [6, 6.07) is 6.63. The van der Waals surface area contributed by atoms with Gasteiger partial charge in [0.1, 0.15) is 11.9 Å². The zero-order valence-electron chi connectivity index (χ0n) is 15.8. The lowest BCUT2D eigenvalue weighted by Crippen LogP contribution is -2.52. The van der Waals surface area contributed by atoms with Crippen LogP contribution < -0.4 is 5.32 Å². The SMILES string of the molecule is CC(C)N1CCN(C(=O)C2CCC(Nc3ccc(C#N)cn3)CC2)CC1. The maximum Gasteiger partial charge on any atom is 0.225 e. The van der Waals surface area contributed by atoms with Crippen LogP contribution in [0.3, 0.4) is 0 Å². The first-order chi connectivity index (χ1) is 12.6. The Bertz CT molecular complexity index is 635. The molecule has 0 atom stereocenters. The number of carbonyl (C=O) groups is 1. The normalized spacial score (nSPS) is 24.3. The average molecular weight is 355 g/mol. The second-order valence-corrected chi connectivity index (χ2v) is 7.69. The van der Waals surface area contributed by atoms with Gasteiger partial charge in [-0.15, -0.1) is 0 Å². The Morgan fingerprint density at radius 3 is 2.42 bits per heavy atom. The Morgan fingerprint density at radius 1 is 1.19 bits per heavy atom. The zero-order valence-corrected chi connectivity index (χ0v) is 15.8. The number of anilines is 1. The second-order valence-electron chi connectivity index (χ2n) is 7.69. The predicted octanol–water partition coefficient (Wildman–Crippen LogP) is 2.48. The van der Waals surface area contributed by atoms with E-state index in [1.807, 2.05) is 6.07 Å². The number of pyridine rings is 1. The van der Waals surface area contributed by atoms with E-state index in [0.29, 0.717) is 23.6 Å². The van der Waals surface area contributed by atoms with E-state index in [0.717, 1.165) is 57.7 Å². The molecule has 0 bridgehead atoms. The van der Waals surface area contributed by atoms with Crippen molar-refractivity contribution < 1.29 is 4.79 Å². The monoisotopic (exact) mass is 355 g/mol. The smallest absolute Gasteiger partial charge is 0.225 e. The molecule has 1 aromatic rings. The van der Waals surface area contributed by atoms with Crippen molar-refractivity contribution in [3.05, 3.63) is 23.9 Å². The Labute approximate surface area is 156 Å². The summed E-state index contributed by atoms with van der Waals surface area (Å²) in [5.41, 5.74) is 0.572. The van der Waals surface area contributed by atoms with Gasteiger partial charge in [-0.2, -0.15) is 5.26 Å². The Morgan fingerprint density at radius 2 is 1.88 bits per heavy atom. The van der Waals surface area contributed by atoms with Gasteiger partial charge in [0.15, 0.2) is 0 Å². The highest BCUT2D eigenvalue weighted by molar-refractivity contribution is 5.79. The van der Waals surface area contributed by atoms with E-state index in [1.54, 1.807) is 12.3 Å². The molecule has 26 heavy (non-hydrogen) atoms. The van der Waals surface area contributed by atoms with Gasteiger partial charge in [0.25, 0.3) is 0 Å². The van der Waals surface area contributed by atoms with Crippen molar-refractivity contribution in [2.75, 3.05) is 31.5 Å². The molecular formula is C20H29N5O. The molecule has 1 amide bonds. The van der Waals surface area contributed by atoms with Gasteiger partial charge in [-0.25, -0.2) is 4.98 Å². The standard InChI is InChI=1S/C20H29N5O/c1-15(2)24-9-11-25(12-10-24)20(26)17-4-6-18(7-5-17)23-19-8-3-16(13-21)14-22-19/h3,8,14-15,17-18H,4-7,9-12H2,1-2H3,(H,22,23). The molecule has 2 fully saturated rings. The van der Waals surface area contributed by atoms with Gasteiger partial charge >= 0.3 is 0 Å². The minimum Gasteiger partial charge on any atom is -0.367 e. The van der Waals surface area contributed by atoms with Gasteiger partial charge in [-0.05, 0) is 51.7 Å². The van der Waals surface area contributed by atoms with Crippen LogP contribution in [0.15, 0.2) is 18.3 Å². The third-order valence-corrected chi connectivity index (χ3v) is 5.68. The summed E-state index contributed by atoms with van der Waals surface area (Å²) in [6.07, 6.45) is 5.46. The molecule has 1 saturated heterocycles. The van der Waals surface area contributed by atoms with Gasteiger partial charge in [0, 0.05) is 50.4 Å². The Hall–Kier alpha value is -2.13. The van der Waals surface area contributed by atoms with Crippen LogP contribution in [-0.2, 0) is 4.79 Å². The van der Waals surface area contributed by atoms with Crippen LogP contribution in [0.25, 0.3) is 0 Å². The van der Waals surface area contributed by atoms with Crippen molar-refractivity contribution in [3.8, 4) is 6.07 Å². The van der Waals surface area contributed by atoms with Gasteiger partial charge in [0.05, 0.1) is 5.56 Å². The van der Waals surface area contributed by atoms with Gasteiger partial charge in [0.2, 0.25) is 5.91 Å². The van der Waals surface area contributed by atoms with E-state index in [4.69, 9.17) is 5.26 Å². The third kappa shape index (κ3) is 4.53. The molecule has 1 saturated carbocycles. The number of hydrogen-bond acceptors (Lipinski definition) is 5. The minimum absolute atomic E-state index is 0.174. The van der Waals surface area contributed by atoms with Crippen molar-refractivity contribution >= 4 is 11.7 Å². The summed E-state index contributed by atoms with van der Waals surface area (Å²) in [5.74, 6) is 1.33. The number of nitrogens with one attached hydrogen (secondary N) is 1. The predicted molar refractivity (Wildman–Crippen MR) is 102 cm³/mol. The highest BCUT2D eigenvalue weighted by Crippen LogP contribution is 2.28. The molecule has 3 rings (SSSR count). The number of hydrogen-bond donors (Lipinski definition) is 1. The van der Waals surface area contributed by atoms with E-state index in [2.05, 4.69) is 40.0 Å². The van der Waals surface area contributed by atoms with Crippen LogP contribution in [-0.4, -0.2) is 59.0 Å². The van der Waals surface area contributed by atoms with E-state index >= 15 is 0 Å². The first-order valence-electron chi connectivity index (χ1n) is 9.72. The lowest BCUT2D eigenvalue weighted by atomic mass is 9.85. The maximum absolute atomic E-state index is 12.8. The third-order valence-electron chi connectivity index (χ3n) is 5.68. The number of nitrogens with zero attached hydrogens (tertiary/aromatic N) is 4. The van der Waals surface area contributed by atoms with Gasteiger partial charge in [-0.1, -0.05) is 0 Å². The van der Waals surface area contributed by atoms with Crippen molar-refractivity contribution in [2.45, 2.75) is 51.6 Å². The molecule has 6 nitrogen and oxygen atoms in total. The summed E-state index contributed by atoms with van der Waals surface area (Å²) < 4.78 is 0. The number of nitriles is 1.